The van der Waals surface area contributed by atoms with Gasteiger partial charge in [0.2, 0.25) is 0 Å². The summed E-state index contributed by atoms with van der Waals surface area (Å²) in [5.41, 5.74) is 2.88. The van der Waals surface area contributed by atoms with Crippen LogP contribution in [0.4, 0.5) is 0 Å². The highest BCUT2D eigenvalue weighted by Gasteiger charge is 2.19. The van der Waals surface area contributed by atoms with Crippen molar-refractivity contribution in [3.05, 3.63) is 51.5 Å². The minimum Gasteiger partial charge on any atom is -0.309 e. The van der Waals surface area contributed by atoms with Crippen molar-refractivity contribution in [2.45, 2.75) is 38.0 Å². The molecule has 0 amide bonds. The Morgan fingerprint density at radius 1 is 1.43 bits per heavy atom. The summed E-state index contributed by atoms with van der Waals surface area (Å²) in [5.74, 6) is 2.47. The lowest BCUT2D eigenvalue weighted by molar-refractivity contribution is 0.536. The molecular formula is C17H22N2S2. The number of hydrogen-bond acceptors (Lipinski definition) is 4. The van der Waals surface area contributed by atoms with Crippen molar-refractivity contribution in [1.82, 2.24) is 10.3 Å². The zero-order valence-corrected chi connectivity index (χ0v) is 14.1. The fourth-order valence-electron chi connectivity index (χ4n) is 2.69. The number of nitrogens with zero attached hydrogens (tertiary/aromatic N) is 1. The van der Waals surface area contributed by atoms with Crippen molar-refractivity contribution in [2.24, 2.45) is 0 Å². The Balaban J connectivity index is 1.79. The van der Waals surface area contributed by atoms with E-state index in [1.165, 1.54) is 34.8 Å². The van der Waals surface area contributed by atoms with Gasteiger partial charge in [0, 0.05) is 33.9 Å². The molecule has 4 heteroatoms. The monoisotopic (exact) mass is 318 g/mol. The number of fused-ring (bicyclic) bond motifs is 1. The summed E-state index contributed by atoms with van der Waals surface area (Å²) in [5, 5.41) is 3.72. The van der Waals surface area contributed by atoms with Crippen LogP contribution in [0.3, 0.4) is 0 Å². The van der Waals surface area contributed by atoms with Gasteiger partial charge in [-0.05, 0) is 54.8 Å². The van der Waals surface area contributed by atoms with Gasteiger partial charge < -0.3 is 5.32 Å². The Morgan fingerprint density at radius 2 is 2.38 bits per heavy atom. The molecule has 0 spiro atoms. The molecule has 0 aromatic carbocycles. The molecule has 2 aromatic heterocycles. The summed E-state index contributed by atoms with van der Waals surface area (Å²) in [6.45, 7) is 3.30. The summed E-state index contributed by atoms with van der Waals surface area (Å²) in [6.07, 6.45) is 7.28. The minimum atomic E-state index is 0.426. The maximum Gasteiger partial charge on any atom is 0.0456 e. The SMILES string of the molecule is CCCNC(Cc1cccnc1)c1cc2c(s1)CCSC2. The third-order valence-electron chi connectivity index (χ3n) is 3.79. The molecule has 112 valence electrons. The van der Waals surface area contributed by atoms with Crippen LogP contribution in [0.2, 0.25) is 0 Å². The minimum absolute atomic E-state index is 0.426. The number of aromatic nitrogens is 1. The Morgan fingerprint density at radius 3 is 3.14 bits per heavy atom. The molecule has 0 radical (unpaired) electrons. The second-order valence-electron chi connectivity index (χ2n) is 5.47. The van der Waals surface area contributed by atoms with Gasteiger partial charge in [-0.2, -0.15) is 11.8 Å². The molecule has 1 aliphatic heterocycles. The smallest absolute Gasteiger partial charge is 0.0456 e. The fraction of sp³-hybridized carbons (Fsp3) is 0.471. The first-order valence-electron chi connectivity index (χ1n) is 7.68. The van der Waals surface area contributed by atoms with Gasteiger partial charge in [0.05, 0.1) is 0 Å². The van der Waals surface area contributed by atoms with E-state index in [9.17, 15) is 0 Å². The van der Waals surface area contributed by atoms with Crippen molar-refractivity contribution in [3.8, 4) is 0 Å². The van der Waals surface area contributed by atoms with E-state index >= 15 is 0 Å². The van der Waals surface area contributed by atoms with Crippen molar-refractivity contribution in [1.29, 1.82) is 0 Å². The molecule has 0 saturated heterocycles. The Hall–Kier alpha value is -0.840. The standard InChI is InChI=1S/C17H22N2S2/c1-2-6-19-15(9-13-4-3-7-18-11-13)17-10-14-12-20-8-5-16(14)21-17/h3-4,7,10-11,15,19H,2,5-6,8-9,12H2,1H3. The predicted octanol–water partition coefficient (Wildman–Crippen LogP) is 4.22. The third kappa shape index (κ3) is 3.87. The maximum atomic E-state index is 4.25. The van der Waals surface area contributed by atoms with Crippen LogP contribution < -0.4 is 5.32 Å². The van der Waals surface area contributed by atoms with Crippen LogP contribution in [0, 0.1) is 0 Å². The van der Waals surface area contributed by atoms with Crippen molar-refractivity contribution in [3.63, 3.8) is 0 Å². The van der Waals surface area contributed by atoms with Gasteiger partial charge in [-0.3, -0.25) is 4.98 Å². The van der Waals surface area contributed by atoms with E-state index < -0.39 is 0 Å². The number of thioether (sulfide) groups is 1. The van der Waals surface area contributed by atoms with Crippen molar-refractivity contribution >= 4 is 23.1 Å². The molecule has 1 N–H and O–H groups in total. The molecule has 3 heterocycles. The predicted molar refractivity (Wildman–Crippen MR) is 93.2 cm³/mol. The molecular weight excluding hydrogens is 296 g/mol. The van der Waals surface area contributed by atoms with Gasteiger partial charge in [-0.25, -0.2) is 0 Å². The summed E-state index contributed by atoms with van der Waals surface area (Å²) in [4.78, 5) is 7.36. The molecule has 1 unspecified atom stereocenters. The topological polar surface area (TPSA) is 24.9 Å². The molecule has 21 heavy (non-hydrogen) atoms. The average molecular weight is 319 g/mol. The molecule has 0 aliphatic carbocycles. The lowest BCUT2D eigenvalue weighted by atomic mass is 10.1. The average Bonchev–Trinajstić information content (AvgIpc) is 2.96. The molecule has 0 bridgehead atoms. The van der Waals surface area contributed by atoms with Gasteiger partial charge in [0.1, 0.15) is 0 Å². The van der Waals surface area contributed by atoms with Crippen LogP contribution in [0.25, 0.3) is 0 Å². The summed E-state index contributed by atoms with van der Waals surface area (Å²) < 4.78 is 0. The number of nitrogens with one attached hydrogen (secondary N) is 1. The highest BCUT2D eigenvalue weighted by Crippen LogP contribution is 2.35. The third-order valence-corrected chi connectivity index (χ3v) is 6.15. The van der Waals surface area contributed by atoms with Crippen LogP contribution >= 0.6 is 23.1 Å². The largest absolute Gasteiger partial charge is 0.309 e. The van der Waals surface area contributed by atoms with Crippen molar-refractivity contribution in [2.75, 3.05) is 12.3 Å². The number of hydrogen-bond donors (Lipinski definition) is 1. The summed E-state index contributed by atoms with van der Waals surface area (Å²) >= 11 is 4.08. The second kappa shape index (κ2) is 7.43. The highest BCUT2D eigenvalue weighted by atomic mass is 32.2. The molecule has 1 aliphatic rings. The Kier molecular flexibility index (Phi) is 5.33. The first-order valence-corrected chi connectivity index (χ1v) is 9.65. The number of pyridine rings is 1. The van der Waals surface area contributed by atoms with Gasteiger partial charge in [-0.1, -0.05) is 13.0 Å². The zero-order valence-electron chi connectivity index (χ0n) is 12.5. The Bertz CT molecular complexity index is 542. The van der Waals surface area contributed by atoms with Crippen molar-refractivity contribution < 1.29 is 0 Å². The molecule has 2 nitrogen and oxygen atoms in total. The number of aryl methyl sites for hydroxylation is 1. The summed E-state index contributed by atoms with van der Waals surface area (Å²) in [6, 6.07) is 7.07. The first-order chi connectivity index (χ1) is 10.4. The van der Waals surface area contributed by atoms with E-state index in [4.69, 9.17) is 0 Å². The van der Waals surface area contributed by atoms with E-state index in [2.05, 4.69) is 41.1 Å². The fourth-order valence-corrected chi connectivity index (χ4v) is 5.14. The zero-order chi connectivity index (χ0) is 14.5. The maximum absolute atomic E-state index is 4.25. The van der Waals surface area contributed by atoms with Crippen LogP contribution in [0.15, 0.2) is 30.6 Å². The molecule has 1 atom stereocenters. The molecule has 0 fully saturated rings. The molecule has 0 saturated carbocycles. The number of rotatable bonds is 6. The van der Waals surface area contributed by atoms with E-state index in [0.717, 1.165) is 13.0 Å². The highest BCUT2D eigenvalue weighted by molar-refractivity contribution is 7.98. The lowest BCUT2D eigenvalue weighted by Gasteiger charge is -2.17. The number of thiophene rings is 1. The Labute approximate surface area is 135 Å². The lowest BCUT2D eigenvalue weighted by Crippen LogP contribution is -2.23. The summed E-state index contributed by atoms with van der Waals surface area (Å²) in [7, 11) is 0. The second-order valence-corrected chi connectivity index (χ2v) is 7.75. The van der Waals surface area contributed by atoms with E-state index in [0.29, 0.717) is 6.04 Å². The van der Waals surface area contributed by atoms with Crippen LogP contribution in [0.1, 0.15) is 40.3 Å². The molecule has 3 rings (SSSR count). The van der Waals surface area contributed by atoms with Crippen LogP contribution in [-0.2, 0) is 18.6 Å². The van der Waals surface area contributed by atoms with Gasteiger partial charge in [0.25, 0.3) is 0 Å². The molecule has 2 aromatic rings. The van der Waals surface area contributed by atoms with Gasteiger partial charge >= 0.3 is 0 Å². The van der Waals surface area contributed by atoms with E-state index in [1.807, 2.05) is 29.8 Å². The van der Waals surface area contributed by atoms with Crippen LogP contribution in [0.5, 0.6) is 0 Å². The normalized spacial score (nSPS) is 15.7. The van der Waals surface area contributed by atoms with Gasteiger partial charge in [-0.15, -0.1) is 11.3 Å². The quantitative estimate of drug-likeness (QED) is 0.863. The van der Waals surface area contributed by atoms with E-state index in [-0.39, 0.29) is 0 Å². The first kappa shape index (κ1) is 15.1. The van der Waals surface area contributed by atoms with Crippen LogP contribution in [-0.4, -0.2) is 17.3 Å². The van der Waals surface area contributed by atoms with Gasteiger partial charge in [0.15, 0.2) is 0 Å². The van der Waals surface area contributed by atoms with E-state index in [1.54, 1.807) is 10.4 Å².